The number of thioether (sulfide) groups is 1. The molecule has 1 amide bonds. The van der Waals surface area contributed by atoms with Crippen LogP contribution in [0.15, 0.2) is 59.9 Å². The van der Waals surface area contributed by atoms with Gasteiger partial charge in [-0.25, -0.2) is 4.98 Å². The molecule has 1 saturated heterocycles. The second-order valence-electron chi connectivity index (χ2n) is 7.30. The van der Waals surface area contributed by atoms with Crippen LogP contribution in [0.3, 0.4) is 0 Å². The van der Waals surface area contributed by atoms with Crippen LogP contribution in [0.5, 0.6) is 0 Å². The van der Waals surface area contributed by atoms with Crippen molar-refractivity contribution in [2.75, 3.05) is 17.7 Å². The lowest BCUT2D eigenvalue weighted by Gasteiger charge is -2.16. The molecule has 0 bridgehead atoms. The van der Waals surface area contributed by atoms with Gasteiger partial charge in [-0.3, -0.25) is 14.9 Å². The van der Waals surface area contributed by atoms with E-state index in [1.54, 1.807) is 6.20 Å². The van der Waals surface area contributed by atoms with Crippen LogP contribution in [-0.2, 0) is 16.1 Å². The van der Waals surface area contributed by atoms with Crippen LogP contribution >= 0.6 is 11.8 Å². The summed E-state index contributed by atoms with van der Waals surface area (Å²) in [7, 11) is 0. The van der Waals surface area contributed by atoms with Gasteiger partial charge in [0.15, 0.2) is 5.16 Å². The molecule has 10 heteroatoms. The minimum Gasteiger partial charge on any atom is -0.376 e. The number of imidazole rings is 1. The number of hydrogen-bond acceptors (Lipinski definition) is 6. The molecule has 1 fully saturated rings. The number of amides is 1. The van der Waals surface area contributed by atoms with Crippen molar-refractivity contribution in [3.63, 3.8) is 0 Å². The highest BCUT2D eigenvalue weighted by Crippen LogP contribution is 2.28. The highest BCUT2D eigenvalue weighted by Gasteiger charge is 2.21. The van der Waals surface area contributed by atoms with Gasteiger partial charge in [-0.15, -0.1) is 0 Å². The highest BCUT2D eigenvalue weighted by atomic mass is 32.2. The van der Waals surface area contributed by atoms with Gasteiger partial charge in [0.25, 0.3) is 0 Å². The maximum absolute atomic E-state index is 13.5. The predicted octanol–water partition coefficient (Wildman–Crippen LogP) is 4.51. The largest absolute Gasteiger partial charge is 0.376 e. The molecule has 1 N–H and O–H groups in total. The third-order valence-electron chi connectivity index (χ3n) is 5.06. The summed E-state index contributed by atoms with van der Waals surface area (Å²) in [6, 6.07) is 13.1. The number of nitro benzene ring substituents is 1. The molecule has 1 aromatic heterocycles. The summed E-state index contributed by atoms with van der Waals surface area (Å²) in [6.45, 7) is 1.38. The minimum atomic E-state index is -0.952. The zero-order valence-corrected chi connectivity index (χ0v) is 17.9. The number of rotatable bonds is 8. The number of hydrogen-bond donors (Lipinski definition) is 1. The maximum atomic E-state index is 13.5. The van der Waals surface area contributed by atoms with Crippen LogP contribution in [0.4, 0.5) is 15.8 Å². The second-order valence-corrected chi connectivity index (χ2v) is 8.24. The number of carbonyl (C=O) groups is 1. The molecule has 8 nitrogen and oxygen atoms in total. The third kappa shape index (κ3) is 5.14. The topological polar surface area (TPSA) is 99.3 Å². The van der Waals surface area contributed by atoms with E-state index in [1.165, 1.54) is 17.8 Å². The third-order valence-corrected chi connectivity index (χ3v) is 6.05. The Bertz CT molecular complexity index is 1120. The van der Waals surface area contributed by atoms with Crippen LogP contribution < -0.4 is 5.32 Å². The number of aromatic nitrogens is 2. The van der Waals surface area contributed by atoms with Crippen molar-refractivity contribution in [1.29, 1.82) is 0 Å². The van der Waals surface area contributed by atoms with E-state index in [-0.39, 0.29) is 23.5 Å². The number of nitrogens with one attached hydrogen (secondary N) is 1. The van der Waals surface area contributed by atoms with Crippen molar-refractivity contribution in [2.24, 2.45) is 0 Å². The van der Waals surface area contributed by atoms with Gasteiger partial charge in [-0.2, -0.15) is 4.39 Å². The number of halogens is 1. The molecule has 4 rings (SSSR count). The number of anilines is 1. The van der Waals surface area contributed by atoms with Gasteiger partial charge in [0.2, 0.25) is 11.7 Å². The normalized spacial score (nSPS) is 15.6. The molecule has 2 heterocycles. The van der Waals surface area contributed by atoms with E-state index >= 15 is 0 Å². The number of nitro groups is 1. The molecule has 1 aliphatic rings. The van der Waals surface area contributed by atoms with E-state index in [4.69, 9.17) is 4.74 Å². The van der Waals surface area contributed by atoms with Gasteiger partial charge in [-0.1, -0.05) is 42.1 Å². The summed E-state index contributed by atoms with van der Waals surface area (Å²) >= 11 is 1.26. The quantitative estimate of drug-likeness (QED) is 0.304. The average Bonchev–Trinajstić information content (AvgIpc) is 3.44. The van der Waals surface area contributed by atoms with Crippen LogP contribution in [0.1, 0.15) is 12.8 Å². The molecule has 1 atom stereocenters. The summed E-state index contributed by atoms with van der Waals surface area (Å²) in [5, 5.41) is 14.2. The Kier molecular flexibility index (Phi) is 6.81. The predicted molar refractivity (Wildman–Crippen MR) is 119 cm³/mol. The molecule has 32 heavy (non-hydrogen) atoms. The molecule has 3 aromatic rings. The fraction of sp³-hybridized carbons (Fsp3) is 0.273. The summed E-state index contributed by atoms with van der Waals surface area (Å²) in [4.78, 5) is 27.0. The molecule has 0 radical (unpaired) electrons. The molecule has 0 saturated carbocycles. The minimum absolute atomic E-state index is 0.0436. The Labute approximate surface area is 187 Å². The van der Waals surface area contributed by atoms with Crippen molar-refractivity contribution >= 4 is 29.0 Å². The van der Waals surface area contributed by atoms with Crippen LogP contribution in [0.2, 0.25) is 0 Å². The highest BCUT2D eigenvalue weighted by molar-refractivity contribution is 7.99. The van der Waals surface area contributed by atoms with Gasteiger partial charge < -0.3 is 14.6 Å². The lowest BCUT2D eigenvalue weighted by molar-refractivity contribution is -0.387. The molecular formula is C22H21FN4O4S. The van der Waals surface area contributed by atoms with Gasteiger partial charge in [0.1, 0.15) is 0 Å². The Morgan fingerprint density at radius 3 is 2.84 bits per heavy atom. The van der Waals surface area contributed by atoms with Crippen molar-refractivity contribution in [3.8, 4) is 11.3 Å². The summed E-state index contributed by atoms with van der Waals surface area (Å²) in [5.74, 6) is -1.28. The molecule has 0 aliphatic carbocycles. The first-order chi connectivity index (χ1) is 15.5. The van der Waals surface area contributed by atoms with E-state index in [1.807, 2.05) is 30.3 Å². The van der Waals surface area contributed by atoms with E-state index in [0.29, 0.717) is 11.7 Å². The second kappa shape index (κ2) is 9.92. The fourth-order valence-electron chi connectivity index (χ4n) is 3.54. The lowest BCUT2D eigenvalue weighted by atomic mass is 10.1. The van der Waals surface area contributed by atoms with Gasteiger partial charge in [0.05, 0.1) is 35.2 Å². The van der Waals surface area contributed by atoms with Crippen LogP contribution in [0, 0.1) is 15.9 Å². The Morgan fingerprint density at radius 2 is 2.12 bits per heavy atom. The van der Waals surface area contributed by atoms with E-state index < -0.39 is 16.4 Å². The lowest BCUT2D eigenvalue weighted by Crippen LogP contribution is -2.18. The molecule has 1 aliphatic heterocycles. The van der Waals surface area contributed by atoms with E-state index in [9.17, 15) is 19.3 Å². The maximum Gasteiger partial charge on any atom is 0.306 e. The molecule has 166 valence electrons. The standard InChI is InChI=1S/C22H21FN4O4S/c23-18-9-8-16(11-19(18)27(29)30)25-21(28)14-32-22-24-12-20(15-5-2-1-3-6-15)26(22)13-17-7-4-10-31-17/h1-3,5-6,8-9,11-12,17H,4,7,10,13-14H2,(H,25,28). The zero-order chi connectivity index (χ0) is 22.5. The van der Waals surface area contributed by atoms with Gasteiger partial charge in [0, 0.05) is 18.4 Å². The van der Waals surface area contributed by atoms with Gasteiger partial charge >= 0.3 is 5.69 Å². The van der Waals surface area contributed by atoms with E-state index in [2.05, 4.69) is 14.9 Å². The average molecular weight is 456 g/mol. The molecule has 2 aromatic carbocycles. The molecule has 0 spiro atoms. The monoisotopic (exact) mass is 456 g/mol. The van der Waals surface area contributed by atoms with Crippen molar-refractivity contribution in [2.45, 2.75) is 30.6 Å². The van der Waals surface area contributed by atoms with Gasteiger partial charge in [-0.05, 0) is 30.5 Å². The smallest absolute Gasteiger partial charge is 0.306 e. The summed E-state index contributed by atoms with van der Waals surface area (Å²) in [5.41, 5.74) is 1.44. The first kappa shape index (κ1) is 22.0. The van der Waals surface area contributed by atoms with E-state index in [0.717, 1.165) is 42.8 Å². The SMILES string of the molecule is O=C(CSc1ncc(-c2ccccc2)n1CC1CCCO1)Nc1ccc(F)c([N+](=O)[O-])c1. The van der Waals surface area contributed by atoms with Crippen molar-refractivity contribution in [3.05, 3.63) is 70.7 Å². The first-order valence-electron chi connectivity index (χ1n) is 10.1. The Hall–Kier alpha value is -3.24. The number of benzene rings is 2. The Balaban J connectivity index is 1.47. The number of ether oxygens (including phenoxy) is 1. The van der Waals surface area contributed by atoms with Crippen LogP contribution in [0.25, 0.3) is 11.3 Å². The van der Waals surface area contributed by atoms with Crippen molar-refractivity contribution < 1.29 is 18.8 Å². The van der Waals surface area contributed by atoms with Crippen molar-refractivity contribution in [1.82, 2.24) is 9.55 Å². The zero-order valence-electron chi connectivity index (χ0n) is 17.1. The molecular weight excluding hydrogens is 435 g/mol. The summed E-state index contributed by atoms with van der Waals surface area (Å²) in [6.07, 6.45) is 3.88. The fourth-order valence-corrected chi connectivity index (χ4v) is 4.33. The Morgan fingerprint density at radius 1 is 1.31 bits per heavy atom. The first-order valence-corrected chi connectivity index (χ1v) is 11.1. The molecule has 1 unspecified atom stereocenters. The summed E-state index contributed by atoms with van der Waals surface area (Å²) < 4.78 is 21.4. The number of nitrogens with zero attached hydrogens (tertiary/aromatic N) is 3. The number of carbonyl (C=O) groups excluding carboxylic acids is 1. The van der Waals surface area contributed by atoms with Crippen LogP contribution in [-0.4, -0.2) is 38.8 Å².